The number of nitrogen functional groups attached to an aromatic ring is 1. The van der Waals surface area contributed by atoms with Crippen LogP contribution < -0.4 is 15.8 Å². The molecule has 2 aromatic carbocycles. The van der Waals surface area contributed by atoms with Gasteiger partial charge in [-0.25, -0.2) is 0 Å². The number of nitrogens with two attached hydrogens (primary N) is 1. The number of rotatable bonds is 6. The number of ether oxygens (including phenoxy) is 1. The monoisotopic (exact) mass is 270 g/mol. The highest BCUT2D eigenvalue weighted by Crippen LogP contribution is 2.15. The largest absolute Gasteiger partial charge is 0.492 e. The summed E-state index contributed by atoms with van der Waals surface area (Å²) < 4.78 is 5.74. The van der Waals surface area contributed by atoms with E-state index in [0.717, 1.165) is 24.5 Å². The molecule has 3 nitrogen and oxygen atoms in total. The molecule has 0 aromatic heterocycles. The van der Waals surface area contributed by atoms with Crippen LogP contribution in [0, 0.1) is 13.8 Å². The molecule has 0 bridgehead atoms. The number of hydrogen-bond acceptors (Lipinski definition) is 3. The molecule has 0 atom stereocenters. The average molecular weight is 270 g/mol. The third-order valence-corrected chi connectivity index (χ3v) is 3.02. The fourth-order valence-corrected chi connectivity index (χ4v) is 2.19. The van der Waals surface area contributed by atoms with Crippen LogP contribution in [0.5, 0.6) is 5.75 Å². The molecule has 106 valence electrons. The van der Waals surface area contributed by atoms with Gasteiger partial charge < -0.3 is 15.8 Å². The van der Waals surface area contributed by atoms with Crippen molar-refractivity contribution < 1.29 is 4.74 Å². The fraction of sp³-hybridized carbons (Fsp3) is 0.294. The Morgan fingerprint density at radius 3 is 2.50 bits per heavy atom. The van der Waals surface area contributed by atoms with Gasteiger partial charge >= 0.3 is 0 Å². The Bertz CT molecular complexity index is 546. The highest BCUT2D eigenvalue weighted by atomic mass is 16.5. The second kappa shape index (κ2) is 6.96. The van der Waals surface area contributed by atoms with E-state index < -0.39 is 0 Å². The Morgan fingerprint density at radius 1 is 1.05 bits per heavy atom. The molecule has 2 aromatic rings. The van der Waals surface area contributed by atoms with Gasteiger partial charge in [0.1, 0.15) is 12.4 Å². The second-order valence-electron chi connectivity index (χ2n) is 5.09. The van der Waals surface area contributed by atoms with Gasteiger partial charge in [-0.15, -0.1) is 0 Å². The molecule has 0 aliphatic rings. The van der Waals surface area contributed by atoms with E-state index in [2.05, 4.69) is 43.4 Å². The van der Waals surface area contributed by atoms with E-state index in [0.29, 0.717) is 6.61 Å². The second-order valence-corrected chi connectivity index (χ2v) is 5.09. The van der Waals surface area contributed by atoms with Gasteiger partial charge in [0.05, 0.1) is 0 Å². The fourth-order valence-electron chi connectivity index (χ4n) is 2.19. The standard InChI is InChI=1S/C17H22N2O/c1-13-8-14(2)10-17(9-13)20-7-6-19-12-15-4-3-5-16(18)11-15/h3-5,8-11,19H,6-7,12,18H2,1-2H3. The van der Waals surface area contributed by atoms with Crippen LogP contribution in [0.3, 0.4) is 0 Å². The number of benzene rings is 2. The van der Waals surface area contributed by atoms with Crippen LogP contribution in [0.25, 0.3) is 0 Å². The van der Waals surface area contributed by atoms with Crippen LogP contribution in [0.4, 0.5) is 5.69 Å². The van der Waals surface area contributed by atoms with Crippen molar-refractivity contribution >= 4 is 5.69 Å². The van der Waals surface area contributed by atoms with E-state index in [4.69, 9.17) is 10.5 Å². The molecule has 0 fully saturated rings. The maximum absolute atomic E-state index is 5.74. The Labute approximate surface area is 120 Å². The van der Waals surface area contributed by atoms with Gasteiger partial charge in [0.25, 0.3) is 0 Å². The molecule has 0 radical (unpaired) electrons. The number of anilines is 1. The lowest BCUT2D eigenvalue weighted by Gasteiger charge is -2.09. The van der Waals surface area contributed by atoms with Gasteiger partial charge in [-0.2, -0.15) is 0 Å². The number of hydrogen-bond donors (Lipinski definition) is 2. The molecule has 0 aliphatic heterocycles. The van der Waals surface area contributed by atoms with Crippen molar-refractivity contribution in [3.05, 3.63) is 59.2 Å². The summed E-state index contributed by atoms with van der Waals surface area (Å²) in [5.41, 5.74) is 10.2. The zero-order valence-corrected chi connectivity index (χ0v) is 12.1. The summed E-state index contributed by atoms with van der Waals surface area (Å²) in [6, 6.07) is 14.2. The molecule has 0 saturated carbocycles. The quantitative estimate of drug-likeness (QED) is 0.626. The lowest BCUT2D eigenvalue weighted by molar-refractivity contribution is 0.313. The molecule has 3 N–H and O–H groups in total. The highest BCUT2D eigenvalue weighted by molar-refractivity contribution is 5.40. The Kier molecular flexibility index (Phi) is 5.02. The van der Waals surface area contributed by atoms with Crippen LogP contribution in [0.15, 0.2) is 42.5 Å². The summed E-state index contributed by atoms with van der Waals surface area (Å²) in [6.45, 7) is 6.43. The molecule has 0 spiro atoms. The Balaban J connectivity index is 1.71. The van der Waals surface area contributed by atoms with E-state index >= 15 is 0 Å². The first-order valence-electron chi connectivity index (χ1n) is 6.90. The summed E-state index contributed by atoms with van der Waals surface area (Å²) in [4.78, 5) is 0. The van der Waals surface area contributed by atoms with Crippen molar-refractivity contribution in [1.29, 1.82) is 0 Å². The molecule has 0 heterocycles. The normalized spacial score (nSPS) is 10.5. The summed E-state index contributed by atoms with van der Waals surface area (Å²) in [5.74, 6) is 0.938. The van der Waals surface area contributed by atoms with Crippen LogP contribution in [-0.4, -0.2) is 13.2 Å². The van der Waals surface area contributed by atoms with Crippen LogP contribution in [0.2, 0.25) is 0 Å². The minimum atomic E-state index is 0.658. The predicted octanol–water partition coefficient (Wildman–Crippen LogP) is 3.05. The molecule has 0 aliphatic carbocycles. The van der Waals surface area contributed by atoms with Crippen LogP contribution in [0.1, 0.15) is 16.7 Å². The summed E-state index contributed by atoms with van der Waals surface area (Å²) >= 11 is 0. The minimum Gasteiger partial charge on any atom is -0.492 e. The molecular formula is C17H22N2O. The maximum atomic E-state index is 5.74. The topological polar surface area (TPSA) is 47.3 Å². The van der Waals surface area contributed by atoms with Crippen molar-refractivity contribution in [2.75, 3.05) is 18.9 Å². The Morgan fingerprint density at radius 2 is 1.80 bits per heavy atom. The van der Waals surface area contributed by atoms with Gasteiger partial charge in [0.15, 0.2) is 0 Å². The average Bonchev–Trinajstić information content (AvgIpc) is 2.37. The molecule has 3 heteroatoms. The van der Waals surface area contributed by atoms with Crippen molar-refractivity contribution in [3.8, 4) is 5.75 Å². The van der Waals surface area contributed by atoms with Gasteiger partial charge in [0.2, 0.25) is 0 Å². The minimum absolute atomic E-state index is 0.658. The van der Waals surface area contributed by atoms with Crippen LogP contribution in [-0.2, 0) is 6.54 Å². The van der Waals surface area contributed by atoms with Crippen molar-refractivity contribution in [1.82, 2.24) is 5.32 Å². The van der Waals surface area contributed by atoms with Crippen molar-refractivity contribution in [2.45, 2.75) is 20.4 Å². The van der Waals surface area contributed by atoms with Gasteiger partial charge in [0, 0.05) is 18.8 Å². The lowest BCUT2D eigenvalue weighted by atomic mass is 10.1. The number of nitrogens with one attached hydrogen (secondary N) is 1. The predicted molar refractivity (Wildman–Crippen MR) is 84.0 cm³/mol. The highest BCUT2D eigenvalue weighted by Gasteiger charge is 1.97. The van der Waals surface area contributed by atoms with Gasteiger partial charge in [-0.1, -0.05) is 18.2 Å². The summed E-state index contributed by atoms with van der Waals surface area (Å²) in [6.07, 6.45) is 0. The Hall–Kier alpha value is -2.00. The third kappa shape index (κ3) is 4.59. The first kappa shape index (κ1) is 14.4. The summed E-state index contributed by atoms with van der Waals surface area (Å²) in [5, 5.41) is 3.35. The third-order valence-electron chi connectivity index (χ3n) is 3.02. The summed E-state index contributed by atoms with van der Waals surface area (Å²) in [7, 11) is 0. The number of aryl methyl sites for hydroxylation is 2. The van der Waals surface area contributed by atoms with Gasteiger partial charge in [-0.05, 0) is 54.8 Å². The maximum Gasteiger partial charge on any atom is 0.119 e. The molecule has 2 rings (SSSR count). The van der Waals surface area contributed by atoms with E-state index in [1.54, 1.807) is 0 Å². The van der Waals surface area contributed by atoms with E-state index in [9.17, 15) is 0 Å². The van der Waals surface area contributed by atoms with E-state index in [1.165, 1.54) is 16.7 Å². The zero-order valence-electron chi connectivity index (χ0n) is 12.1. The first-order chi connectivity index (χ1) is 9.63. The molecule has 0 unspecified atom stereocenters. The SMILES string of the molecule is Cc1cc(C)cc(OCCNCc2cccc(N)c2)c1. The molecule has 0 saturated heterocycles. The first-order valence-corrected chi connectivity index (χ1v) is 6.90. The molecule has 20 heavy (non-hydrogen) atoms. The lowest BCUT2D eigenvalue weighted by Crippen LogP contribution is -2.20. The molecule has 0 amide bonds. The van der Waals surface area contributed by atoms with E-state index in [1.807, 2.05) is 18.2 Å². The van der Waals surface area contributed by atoms with Crippen molar-refractivity contribution in [3.63, 3.8) is 0 Å². The smallest absolute Gasteiger partial charge is 0.119 e. The molecular weight excluding hydrogens is 248 g/mol. The van der Waals surface area contributed by atoms with Gasteiger partial charge in [-0.3, -0.25) is 0 Å². The van der Waals surface area contributed by atoms with Crippen molar-refractivity contribution in [2.24, 2.45) is 0 Å². The van der Waals surface area contributed by atoms with Crippen LogP contribution >= 0.6 is 0 Å². The zero-order chi connectivity index (χ0) is 14.4. The van der Waals surface area contributed by atoms with E-state index in [-0.39, 0.29) is 0 Å².